The number of halogens is 5. The second kappa shape index (κ2) is 7.67. The van der Waals surface area contributed by atoms with Crippen LogP contribution in [0.5, 0.6) is 0 Å². The van der Waals surface area contributed by atoms with Crippen molar-refractivity contribution in [2.45, 2.75) is 31.7 Å². The molecule has 0 aliphatic carbocycles. The normalized spacial score (nSPS) is 13.8. The molecule has 0 aliphatic rings. The van der Waals surface area contributed by atoms with Crippen LogP contribution in [0.15, 0.2) is 60.3 Å². The third-order valence-electron chi connectivity index (χ3n) is 2.90. The van der Waals surface area contributed by atoms with E-state index in [1.807, 2.05) is 0 Å². The molecule has 3 nitrogen and oxygen atoms in total. The molecule has 0 bridgehead atoms. The summed E-state index contributed by atoms with van der Waals surface area (Å²) in [6, 6.07) is 0. The first-order valence-corrected chi connectivity index (χ1v) is 6.48. The highest BCUT2D eigenvalue weighted by molar-refractivity contribution is 6.04. The molecule has 0 aromatic heterocycles. The lowest BCUT2D eigenvalue weighted by Crippen LogP contribution is -2.62. The number of hydrogen-bond donors (Lipinski definition) is 2. The van der Waals surface area contributed by atoms with Crippen molar-refractivity contribution in [3.8, 4) is 0 Å². The van der Waals surface area contributed by atoms with Crippen LogP contribution in [0, 0.1) is 0 Å². The molecular weight excluding hydrogens is 335 g/mol. The second-order valence-corrected chi connectivity index (χ2v) is 4.93. The maximum absolute atomic E-state index is 13.7. The van der Waals surface area contributed by atoms with Crippen LogP contribution in [0.4, 0.5) is 22.0 Å². The first kappa shape index (κ1) is 21.9. The molecule has 0 atom stereocenters. The molecule has 0 heterocycles. The number of rotatable bonds is 7. The number of carbonyl (C=O) groups excluding carboxylic acids is 1. The van der Waals surface area contributed by atoms with Gasteiger partial charge in [-0.25, -0.2) is 0 Å². The van der Waals surface area contributed by atoms with Gasteiger partial charge in [-0.2, -0.15) is 22.0 Å². The van der Waals surface area contributed by atoms with E-state index in [0.29, 0.717) is 11.6 Å². The minimum Gasteiger partial charge on any atom is -0.354 e. The molecule has 0 saturated heterocycles. The van der Waals surface area contributed by atoms with E-state index in [0.717, 1.165) is 6.08 Å². The van der Waals surface area contributed by atoms with Crippen LogP contribution in [-0.4, -0.2) is 33.9 Å². The number of carbonyl (C=O) groups is 1. The summed E-state index contributed by atoms with van der Waals surface area (Å²) in [6.45, 7) is 9.64. The lowest BCUT2D eigenvalue weighted by molar-refractivity contribution is -0.404. The maximum Gasteiger partial charge on any atom is 0.450 e. The number of Topliss-reactive ketones (excluding diaryl/α,β-unsaturated/α-hetero) is 1. The Labute approximate surface area is 135 Å². The lowest BCUT2D eigenvalue weighted by atomic mass is 9.95. The SMILES string of the molecule is C=C/C=C\C(/C=C(\C=C)C(=O)C(F)(F)C(O)(O)C(F)(F)F)=C(C)C. The van der Waals surface area contributed by atoms with E-state index in [1.165, 1.54) is 18.2 Å². The molecule has 0 spiro atoms. The summed E-state index contributed by atoms with van der Waals surface area (Å²) in [7, 11) is 0. The van der Waals surface area contributed by atoms with Crippen molar-refractivity contribution in [1.82, 2.24) is 0 Å². The minimum atomic E-state index is -6.14. The first-order chi connectivity index (χ1) is 10.7. The van der Waals surface area contributed by atoms with Crippen molar-refractivity contribution in [3.05, 3.63) is 60.3 Å². The zero-order valence-electron chi connectivity index (χ0n) is 13.0. The van der Waals surface area contributed by atoms with Crippen LogP contribution < -0.4 is 0 Å². The van der Waals surface area contributed by atoms with Crippen molar-refractivity contribution in [2.24, 2.45) is 0 Å². The summed E-state index contributed by atoms with van der Waals surface area (Å²) in [5, 5.41) is 17.5. The molecule has 134 valence electrons. The Hall–Kier alpha value is -2.06. The van der Waals surface area contributed by atoms with Gasteiger partial charge in [0, 0.05) is 5.57 Å². The number of ketones is 1. The largest absolute Gasteiger partial charge is 0.450 e. The zero-order valence-corrected chi connectivity index (χ0v) is 13.0. The molecule has 0 saturated carbocycles. The first-order valence-electron chi connectivity index (χ1n) is 6.48. The van der Waals surface area contributed by atoms with Gasteiger partial charge in [-0.3, -0.25) is 4.79 Å². The second-order valence-electron chi connectivity index (χ2n) is 4.93. The fraction of sp³-hybridized carbons (Fsp3) is 0.312. The van der Waals surface area contributed by atoms with Crippen molar-refractivity contribution in [2.75, 3.05) is 0 Å². The molecule has 8 heteroatoms. The summed E-state index contributed by atoms with van der Waals surface area (Å²) >= 11 is 0. The molecule has 0 fully saturated rings. The molecule has 0 aliphatic heterocycles. The number of hydrogen-bond acceptors (Lipinski definition) is 3. The summed E-state index contributed by atoms with van der Waals surface area (Å²) in [5.74, 6) is -13.5. The third kappa shape index (κ3) is 4.48. The van der Waals surface area contributed by atoms with E-state index in [2.05, 4.69) is 13.2 Å². The van der Waals surface area contributed by atoms with Crippen LogP contribution in [0.1, 0.15) is 13.8 Å². The number of aliphatic hydroxyl groups is 2. The quantitative estimate of drug-likeness (QED) is 0.318. The highest BCUT2D eigenvalue weighted by atomic mass is 19.4. The topological polar surface area (TPSA) is 57.5 Å². The average molecular weight is 352 g/mol. The van der Waals surface area contributed by atoms with E-state index in [1.54, 1.807) is 13.8 Å². The standard InChI is InChI=1S/C16H17F5O3/c1-5-7-8-12(10(3)4)9-11(6-2)13(22)14(17,18)15(23,24)16(19,20)21/h5-9,23-24H,1-2H2,3-4H3/b8-7-,11-9+. The molecule has 2 N–H and O–H groups in total. The molecule has 0 aromatic carbocycles. The van der Waals surface area contributed by atoms with E-state index >= 15 is 0 Å². The Morgan fingerprint density at radius 1 is 1.04 bits per heavy atom. The third-order valence-corrected chi connectivity index (χ3v) is 2.90. The van der Waals surface area contributed by atoms with Crippen LogP contribution in [-0.2, 0) is 4.79 Å². The van der Waals surface area contributed by atoms with Crippen LogP contribution >= 0.6 is 0 Å². The Morgan fingerprint density at radius 3 is 1.88 bits per heavy atom. The number of allylic oxidation sites excluding steroid dienone is 8. The van der Waals surface area contributed by atoms with Crippen LogP contribution in [0.3, 0.4) is 0 Å². The molecule has 24 heavy (non-hydrogen) atoms. The Bertz CT molecular complexity index is 604. The predicted octanol–water partition coefficient (Wildman–Crippen LogP) is 3.63. The highest BCUT2D eigenvalue weighted by Gasteiger charge is 2.72. The van der Waals surface area contributed by atoms with Gasteiger partial charge < -0.3 is 10.2 Å². The molecule has 0 radical (unpaired) electrons. The Morgan fingerprint density at radius 2 is 1.54 bits per heavy atom. The van der Waals surface area contributed by atoms with Crippen molar-refractivity contribution < 1.29 is 37.0 Å². The predicted molar refractivity (Wildman–Crippen MR) is 79.2 cm³/mol. The van der Waals surface area contributed by atoms with Gasteiger partial charge in [0.1, 0.15) is 0 Å². The molecule has 0 rings (SSSR count). The van der Waals surface area contributed by atoms with E-state index in [9.17, 15) is 26.7 Å². The van der Waals surface area contributed by atoms with Gasteiger partial charge in [0.25, 0.3) is 0 Å². The average Bonchev–Trinajstić information content (AvgIpc) is 2.45. The monoisotopic (exact) mass is 352 g/mol. The summed E-state index contributed by atoms with van der Waals surface area (Å²) in [6.07, 6.45) is -0.512. The van der Waals surface area contributed by atoms with Gasteiger partial charge in [-0.15, -0.1) is 0 Å². The van der Waals surface area contributed by atoms with Crippen molar-refractivity contribution in [1.29, 1.82) is 0 Å². The van der Waals surface area contributed by atoms with Gasteiger partial charge in [-0.05, 0) is 25.5 Å². The summed E-state index contributed by atoms with van der Waals surface area (Å²) < 4.78 is 64.7. The molecule has 0 unspecified atom stereocenters. The van der Waals surface area contributed by atoms with Crippen LogP contribution in [0.2, 0.25) is 0 Å². The summed E-state index contributed by atoms with van der Waals surface area (Å²) in [5.41, 5.74) is -0.122. The number of alkyl halides is 5. The minimum absolute atomic E-state index is 0.238. The van der Waals surface area contributed by atoms with Gasteiger partial charge in [0.2, 0.25) is 5.78 Å². The molecule has 0 aromatic rings. The lowest BCUT2D eigenvalue weighted by Gasteiger charge is -2.31. The van der Waals surface area contributed by atoms with Gasteiger partial charge in [0.15, 0.2) is 0 Å². The smallest absolute Gasteiger partial charge is 0.354 e. The zero-order chi connectivity index (χ0) is 19.3. The van der Waals surface area contributed by atoms with Crippen molar-refractivity contribution in [3.63, 3.8) is 0 Å². The summed E-state index contributed by atoms with van der Waals surface area (Å²) in [4.78, 5) is 11.7. The molecule has 0 amide bonds. The Kier molecular flexibility index (Phi) is 7.01. The van der Waals surface area contributed by atoms with E-state index < -0.39 is 29.2 Å². The van der Waals surface area contributed by atoms with Gasteiger partial charge >= 0.3 is 17.9 Å². The van der Waals surface area contributed by atoms with E-state index in [-0.39, 0.29) is 5.57 Å². The highest BCUT2D eigenvalue weighted by Crippen LogP contribution is 2.42. The van der Waals surface area contributed by atoms with Gasteiger partial charge in [0.05, 0.1) is 0 Å². The Balaban J connectivity index is 6.10. The maximum atomic E-state index is 13.7. The van der Waals surface area contributed by atoms with E-state index in [4.69, 9.17) is 10.2 Å². The van der Waals surface area contributed by atoms with Crippen LogP contribution in [0.25, 0.3) is 0 Å². The fourth-order valence-electron chi connectivity index (χ4n) is 1.43. The molecular formula is C16H17F5O3. The van der Waals surface area contributed by atoms with Crippen molar-refractivity contribution >= 4 is 5.78 Å². The fourth-order valence-corrected chi connectivity index (χ4v) is 1.43. The van der Waals surface area contributed by atoms with Gasteiger partial charge in [-0.1, -0.05) is 43.0 Å².